The number of nitrogens with zero attached hydrogens (tertiary/aromatic N) is 3. The van der Waals surface area contributed by atoms with Gasteiger partial charge in [-0.05, 0) is 30.7 Å². The maximum absolute atomic E-state index is 13.0. The number of fused-ring (bicyclic) bond motifs is 1. The Labute approximate surface area is 124 Å². The molecule has 1 aliphatic rings. The van der Waals surface area contributed by atoms with Gasteiger partial charge in [0.15, 0.2) is 5.82 Å². The molecule has 0 saturated carbocycles. The first-order chi connectivity index (χ1) is 10.5. The monoisotopic (exact) mass is 304 g/mol. The Morgan fingerprint density at radius 2 is 2.00 bits per heavy atom. The molecule has 0 unspecified atom stereocenters. The predicted molar refractivity (Wildman–Crippen MR) is 76.2 cm³/mol. The number of halogens is 1. The van der Waals surface area contributed by atoms with Crippen molar-refractivity contribution in [3.05, 3.63) is 51.7 Å². The fourth-order valence-electron chi connectivity index (χ4n) is 2.47. The van der Waals surface area contributed by atoms with Gasteiger partial charge in [-0.1, -0.05) is 0 Å². The Bertz CT molecular complexity index is 801. The summed E-state index contributed by atoms with van der Waals surface area (Å²) in [5, 5.41) is 9.05. The molecule has 1 aromatic heterocycles. The standard InChI is InChI=1S/C14H13FN4O3/c15-9-3-1-8(2-4-9)12-17-11-7-18(14(21)22)6-5-10(11)13(20)19(12)16/h1-4H,5-7,16H2,(H,21,22). The molecule has 0 fully saturated rings. The fraction of sp³-hybridized carbons (Fsp3) is 0.214. The summed E-state index contributed by atoms with van der Waals surface area (Å²) in [7, 11) is 0. The van der Waals surface area contributed by atoms with Gasteiger partial charge in [0, 0.05) is 17.7 Å². The summed E-state index contributed by atoms with van der Waals surface area (Å²) < 4.78 is 13.9. The van der Waals surface area contributed by atoms with Crippen LogP contribution in [0.15, 0.2) is 29.1 Å². The maximum atomic E-state index is 13.0. The average Bonchev–Trinajstić information content (AvgIpc) is 2.51. The van der Waals surface area contributed by atoms with E-state index in [1.165, 1.54) is 29.2 Å². The van der Waals surface area contributed by atoms with E-state index in [9.17, 15) is 14.0 Å². The van der Waals surface area contributed by atoms with E-state index in [0.29, 0.717) is 16.8 Å². The molecule has 0 bridgehead atoms. The lowest BCUT2D eigenvalue weighted by Gasteiger charge is -2.26. The minimum atomic E-state index is -1.06. The molecule has 8 heteroatoms. The van der Waals surface area contributed by atoms with Crippen LogP contribution in [-0.2, 0) is 13.0 Å². The number of nitrogens with two attached hydrogens (primary N) is 1. The summed E-state index contributed by atoms with van der Waals surface area (Å²) in [5.41, 5.74) is 0.885. The molecular weight excluding hydrogens is 291 g/mol. The van der Waals surface area contributed by atoms with Gasteiger partial charge in [-0.3, -0.25) is 4.79 Å². The number of benzene rings is 1. The zero-order valence-electron chi connectivity index (χ0n) is 11.5. The lowest BCUT2D eigenvalue weighted by molar-refractivity contribution is 0.139. The molecule has 114 valence electrons. The van der Waals surface area contributed by atoms with Crippen LogP contribution in [0.2, 0.25) is 0 Å². The van der Waals surface area contributed by atoms with E-state index < -0.39 is 17.5 Å². The molecule has 0 saturated heterocycles. The Morgan fingerprint density at radius 3 is 2.64 bits per heavy atom. The molecule has 0 aliphatic carbocycles. The summed E-state index contributed by atoms with van der Waals surface area (Å²) >= 11 is 0. The highest BCUT2D eigenvalue weighted by molar-refractivity contribution is 5.65. The molecular formula is C14H13FN4O3. The third-order valence-electron chi connectivity index (χ3n) is 3.64. The Morgan fingerprint density at radius 1 is 1.32 bits per heavy atom. The van der Waals surface area contributed by atoms with Gasteiger partial charge in [-0.15, -0.1) is 0 Å². The molecule has 3 N–H and O–H groups in total. The molecule has 3 rings (SSSR count). The highest BCUT2D eigenvalue weighted by atomic mass is 19.1. The molecule has 2 aromatic rings. The number of hydrogen-bond donors (Lipinski definition) is 2. The number of rotatable bonds is 1. The molecule has 0 atom stereocenters. The zero-order chi connectivity index (χ0) is 15.9. The maximum Gasteiger partial charge on any atom is 0.407 e. The van der Waals surface area contributed by atoms with E-state index in [4.69, 9.17) is 10.9 Å². The van der Waals surface area contributed by atoms with Crippen molar-refractivity contribution >= 4 is 6.09 Å². The first-order valence-electron chi connectivity index (χ1n) is 6.61. The van der Waals surface area contributed by atoms with Gasteiger partial charge >= 0.3 is 6.09 Å². The first kappa shape index (κ1) is 14.1. The second-order valence-corrected chi connectivity index (χ2v) is 5.00. The number of carbonyl (C=O) groups is 1. The van der Waals surface area contributed by atoms with Crippen LogP contribution >= 0.6 is 0 Å². The fourth-order valence-corrected chi connectivity index (χ4v) is 2.47. The molecule has 2 heterocycles. The SMILES string of the molecule is Nn1c(-c2ccc(F)cc2)nc2c(c1=O)CCN(C(=O)O)C2. The van der Waals surface area contributed by atoms with Crippen molar-refractivity contribution < 1.29 is 14.3 Å². The van der Waals surface area contributed by atoms with Gasteiger partial charge in [0.25, 0.3) is 5.56 Å². The molecule has 1 aliphatic heterocycles. The van der Waals surface area contributed by atoms with Crippen LogP contribution in [0.1, 0.15) is 11.3 Å². The minimum absolute atomic E-state index is 0.0366. The molecule has 0 radical (unpaired) electrons. The number of aromatic nitrogens is 2. The van der Waals surface area contributed by atoms with Crippen LogP contribution < -0.4 is 11.4 Å². The number of nitrogen functional groups attached to an aromatic ring is 1. The van der Waals surface area contributed by atoms with Crippen LogP contribution in [0, 0.1) is 5.82 Å². The van der Waals surface area contributed by atoms with Gasteiger partial charge in [-0.25, -0.2) is 18.8 Å². The Balaban J connectivity index is 2.12. The predicted octanol–water partition coefficient (Wildman–Crippen LogP) is 0.799. The van der Waals surface area contributed by atoms with Gasteiger partial charge < -0.3 is 15.8 Å². The topological polar surface area (TPSA) is 101 Å². The zero-order valence-corrected chi connectivity index (χ0v) is 11.5. The van der Waals surface area contributed by atoms with Crippen molar-refractivity contribution in [2.75, 3.05) is 12.4 Å². The first-order valence-corrected chi connectivity index (χ1v) is 6.61. The van der Waals surface area contributed by atoms with Crippen molar-refractivity contribution in [1.29, 1.82) is 0 Å². The van der Waals surface area contributed by atoms with Crippen molar-refractivity contribution in [2.24, 2.45) is 0 Å². The van der Waals surface area contributed by atoms with Crippen LogP contribution in [0.3, 0.4) is 0 Å². The highest BCUT2D eigenvalue weighted by Crippen LogP contribution is 2.20. The second kappa shape index (κ2) is 5.14. The van der Waals surface area contributed by atoms with Crippen molar-refractivity contribution in [3.8, 4) is 11.4 Å². The van der Waals surface area contributed by atoms with E-state index in [1.54, 1.807) is 0 Å². The summed E-state index contributed by atoms with van der Waals surface area (Å²) in [6.45, 7) is 0.268. The molecule has 1 aromatic carbocycles. The van der Waals surface area contributed by atoms with Gasteiger partial charge in [0.05, 0.1) is 12.2 Å². The van der Waals surface area contributed by atoms with Gasteiger partial charge in [-0.2, -0.15) is 0 Å². The van der Waals surface area contributed by atoms with E-state index in [2.05, 4.69) is 4.98 Å². The largest absolute Gasteiger partial charge is 0.465 e. The summed E-state index contributed by atoms with van der Waals surface area (Å²) in [4.78, 5) is 28.9. The molecule has 22 heavy (non-hydrogen) atoms. The summed E-state index contributed by atoms with van der Waals surface area (Å²) in [6, 6.07) is 5.41. The van der Waals surface area contributed by atoms with Gasteiger partial charge in [0.1, 0.15) is 5.82 Å². The number of hydrogen-bond acceptors (Lipinski definition) is 4. The normalized spacial score (nSPS) is 13.8. The van der Waals surface area contributed by atoms with Crippen molar-refractivity contribution in [2.45, 2.75) is 13.0 Å². The third kappa shape index (κ3) is 2.28. The van der Waals surface area contributed by atoms with Crippen molar-refractivity contribution in [3.63, 3.8) is 0 Å². The summed E-state index contributed by atoms with van der Waals surface area (Å²) in [5.74, 6) is 5.55. The smallest absolute Gasteiger partial charge is 0.407 e. The molecule has 7 nitrogen and oxygen atoms in total. The second-order valence-electron chi connectivity index (χ2n) is 5.00. The van der Waals surface area contributed by atoms with Crippen LogP contribution in [0.25, 0.3) is 11.4 Å². The summed E-state index contributed by atoms with van der Waals surface area (Å²) in [6.07, 6.45) is -0.790. The minimum Gasteiger partial charge on any atom is -0.465 e. The van der Waals surface area contributed by atoms with Gasteiger partial charge in [0.2, 0.25) is 0 Å². The van der Waals surface area contributed by atoms with E-state index >= 15 is 0 Å². The average molecular weight is 304 g/mol. The van der Waals surface area contributed by atoms with Crippen LogP contribution in [0.4, 0.5) is 9.18 Å². The number of carboxylic acid groups (broad SMARTS) is 1. The van der Waals surface area contributed by atoms with Crippen LogP contribution in [0.5, 0.6) is 0 Å². The van der Waals surface area contributed by atoms with Crippen molar-refractivity contribution in [1.82, 2.24) is 14.6 Å². The van der Waals surface area contributed by atoms with E-state index in [-0.39, 0.29) is 25.3 Å². The molecule has 1 amide bonds. The molecule has 0 spiro atoms. The van der Waals surface area contributed by atoms with E-state index in [1.807, 2.05) is 0 Å². The number of amides is 1. The van der Waals surface area contributed by atoms with Crippen LogP contribution in [-0.4, -0.2) is 32.3 Å². The lowest BCUT2D eigenvalue weighted by atomic mass is 10.1. The lowest BCUT2D eigenvalue weighted by Crippen LogP contribution is -2.41. The van der Waals surface area contributed by atoms with E-state index in [0.717, 1.165) is 4.68 Å². The third-order valence-corrected chi connectivity index (χ3v) is 3.64. The quantitative estimate of drug-likeness (QED) is 0.759. The Hall–Kier alpha value is -2.90. The Kier molecular flexibility index (Phi) is 3.28. The highest BCUT2D eigenvalue weighted by Gasteiger charge is 2.25.